The van der Waals surface area contributed by atoms with Gasteiger partial charge in [-0.15, -0.1) is 24.0 Å². The Labute approximate surface area is 180 Å². The first-order valence-electron chi connectivity index (χ1n) is 8.98. The summed E-state index contributed by atoms with van der Waals surface area (Å²) in [6, 6.07) is 17.8. The van der Waals surface area contributed by atoms with Crippen LogP contribution in [-0.2, 0) is 10.8 Å². The van der Waals surface area contributed by atoms with E-state index in [0.29, 0.717) is 18.9 Å². The zero-order valence-corrected chi connectivity index (χ0v) is 18.5. The number of fused-ring (bicyclic) bond motifs is 1. The number of rotatable bonds is 6. The molecule has 2 N–H and O–H groups in total. The van der Waals surface area contributed by atoms with E-state index >= 15 is 0 Å². The second-order valence-corrected chi connectivity index (χ2v) is 7.57. The van der Waals surface area contributed by atoms with E-state index in [4.69, 9.17) is 4.74 Å². The maximum Gasteiger partial charge on any atom is 0.191 e. The van der Waals surface area contributed by atoms with E-state index < -0.39 is 10.8 Å². The Hall–Kier alpha value is -1.61. The fourth-order valence-electron chi connectivity index (χ4n) is 2.91. The predicted molar refractivity (Wildman–Crippen MR) is 122 cm³/mol. The fourth-order valence-corrected chi connectivity index (χ4v) is 3.86. The van der Waals surface area contributed by atoms with Gasteiger partial charge in [0.2, 0.25) is 0 Å². The number of nitrogens with zero attached hydrogens (tertiary/aromatic N) is 1. The summed E-state index contributed by atoms with van der Waals surface area (Å²) < 4.78 is 18.0. The normalized spacial score (nSPS) is 17.1. The highest BCUT2D eigenvalue weighted by Gasteiger charge is 2.21. The van der Waals surface area contributed by atoms with Gasteiger partial charge >= 0.3 is 0 Å². The Balaban J connectivity index is 0.00000261. The average Bonchev–Trinajstić information content (AvgIpc) is 2.69. The molecule has 7 heteroatoms. The number of ether oxygens (including phenoxy) is 1. The largest absolute Gasteiger partial charge is 0.493 e. The molecule has 0 bridgehead atoms. The van der Waals surface area contributed by atoms with Crippen LogP contribution < -0.4 is 15.4 Å². The lowest BCUT2D eigenvalue weighted by molar-refractivity contribution is 0.261. The summed E-state index contributed by atoms with van der Waals surface area (Å²) in [7, 11) is -1.03. The zero-order valence-electron chi connectivity index (χ0n) is 15.4. The van der Waals surface area contributed by atoms with Gasteiger partial charge in [-0.2, -0.15) is 0 Å². The summed E-state index contributed by atoms with van der Waals surface area (Å²) in [5.74, 6) is 2.18. The molecule has 0 aromatic heterocycles. The molecule has 1 aliphatic rings. The molecule has 0 spiro atoms. The van der Waals surface area contributed by atoms with Crippen LogP contribution in [0.5, 0.6) is 5.75 Å². The maximum absolute atomic E-state index is 12.3. The van der Waals surface area contributed by atoms with E-state index in [2.05, 4.69) is 21.7 Å². The molecular weight excluding hydrogens is 473 g/mol. The van der Waals surface area contributed by atoms with Crippen LogP contribution in [-0.4, -0.2) is 35.6 Å². The predicted octanol–water partition coefficient (Wildman–Crippen LogP) is 3.49. The summed E-state index contributed by atoms with van der Waals surface area (Å²) in [4.78, 5) is 5.45. The number of aliphatic imine (C=N–C) groups is 1. The molecule has 2 unspecified atom stereocenters. The molecule has 3 rings (SSSR count). The summed E-state index contributed by atoms with van der Waals surface area (Å²) in [5, 5.41) is 6.76. The van der Waals surface area contributed by atoms with Crippen LogP contribution >= 0.6 is 24.0 Å². The zero-order chi connectivity index (χ0) is 18.2. The molecule has 27 heavy (non-hydrogen) atoms. The van der Waals surface area contributed by atoms with E-state index in [1.165, 1.54) is 0 Å². The van der Waals surface area contributed by atoms with Crippen molar-refractivity contribution in [3.8, 4) is 5.75 Å². The van der Waals surface area contributed by atoms with Gasteiger partial charge in [0.05, 0.1) is 30.0 Å². The topological polar surface area (TPSA) is 62.7 Å². The van der Waals surface area contributed by atoms with E-state index in [1.54, 1.807) is 0 Å². The number of nitrogens with one attached hydrogen (secondary N) is 2. The van der Waals surface area contributed by atoms with Gasteiger partial charge in [-0.3, -0.25) is 9.20 Å². The number of guanidine groups is 1. The summed E-state index contributed by atoms with van der Waals surface area (Å²) in [6.07, 6.45) is 0.886. The molecule has 2 aromatic carbocycles. The summed E-state index contributed by atoms with van der Waals surface area (Å²) >= 11 is 0. The third-order valence-electron chi connectivity index (χ3n) is 4.17. The quantitative estimate of drug-likeness (QED) is 0.363. The molecule has 0 amide bonds. The van der Waals surface area contributed by atoms with E-state index in [-0.39, 0.29) is 30.0 Å². The number of hydrogen-bond acceptors (Lipinski definition) is 3. The van der Waals surface area contributed by atoms with Gasteiger partial charge in [0.15, 0.2) is 5.96 Å². The van der Waals surface area contributed by atoms with E-state index in [0.717, 1.165) is 35.1 Å². The number of hydrogen-bond donors (Lipinski definition) is 2. The third kappa shape index (κ3) is 6.21. The number of benzene rings is 2. The van der Waals surface area contributed by atoms with Crippen LogP contribution in [0.15, 0.2) is 64.5 Å². The van der Waals surface area contributed by atoms with E-state index in [1.807, 2.05) is 55.5 Å². The van der Waals surface area contributed by atoms with Crippen molar-refractivity contribution in [2.75, 3.05) is 25.4 Å². The molecule has 1 heterocycles. The van der Waals surface area contributed by atoms with Gasteiger partial charge in [-0.25, -0.2) is 0 Å². The molecular formula is C20H26IN3O2S. The van der Waals surface area contributed by atoms with Gasteiger partial charge in [-0.05, 0) is 25.1 Å². The Bertz CT molecular complexity index is 771. The minimum atomic E-state index is -1.03. The van der Waals surface area contributed by atoms with Crippen molar-refractivity contribution in [2.45, 2.75) is 24.3 Å². The molecule has 0 radical (unpaired) electrons. The summed E-state index contributed by atoms with van der Waals surface area (Å²) in [5.41, 5.74) is 1.15. The Kier molecular flexibility index (Phi) is 9.06. The van der Waals surface area contributed by atoms with Gasteiger partial charge in [0.1, 0.15) is 5.75 Å². The van der Waals surface area contributed by atoms with Crippen LogP contribution in [0.4, 0.5) is 0 Å². The van der Waals surface area contributed by atoms with Crippen molar-refractivity contribution in [2.24, 2.45) is 4.99 Å². The van der Waals surface area contributed by atoms with Crippen LogP contribution in [0, 0.1) is 0 Å². The first kappa shape index (κ1) is 21.7. The van der Waals surface area contributed by atoms with Crippen molar-refractivity contribution in [1.82, 2.24) is 10.6 Å². The first-order valence-corrected chi connectivity index (χ1v) is 10.3. The Morgan fingerprint density at radius 2 is 1.93 bits per heavy atom. The lowest BCUT2D eigenvalue weighted by Crippen LogP contribution is -2.41. The monoisotopic (exact) mass is 499 g/mol. The summed E-state index contributed by atoms with van der Waals surface area (Å²) in [6.45, 7) is 4.00. The van der Waals surface area contributed by atoms with Crippen molar-refractivity contribution in [1.29, 1.82) is 0 Å². The minimum Gasteiger partial charge on any atom is -0.493 e. The molecule has 0 fully saturated rings. The Morgan fingerprint density at radius 3 is 2.70 bits per heavy atom. The molecule has 0 aliphatic carbocycles. The average molecular weight is 499 g/mol. The van der Waals surface area contributed by atoms with Crippen LogP contribution in [0.1, 0.15) is 24.9 Å². The highest BCUT2D eigenvalue weighted by atomic mass is 127. The molecule has 0 saturated heterocycles. The first-order chi connectivity index (χ1) is 12.8. The lowest BCUT2D eigenvalue weighted by atomic mass is 10.0. The number of halogens is 1. The van der Waals surface area contributed by atoms with Gasteiger partial charge in [-0.1, -0.05) is 36.4 Å². The highest BCUT2D eigenvalue weighted by molar-refractivity contribution is 14.0. The SMILES string of the molecule is CCNC(=NCCS(=O)c1ccccc1)NC1CCOc2ccccc21.I. The maximum atomic E-state index is 12.3. The van der Waals surface area contributed by atoms with Crippen molar-refractivity contribution in [3.05, 3.63) is 60.2 Å². The van der Waals surface area contributed by atoms with Crippen molar-refractivity contribution >= 4 is 40.7 Å². The molecule has 5 nitrogen and oxygen atoms in total. The van der Waals surface area contributed by atoms with Crippen molar-refractivity contribution < 1.29 is 8.95 Å². The van der Waals surface area contributed by atoms with E-state index in [9.17, 15) is 4.21 Å². The second kappa shape index (κ2) is 11.3. The second-order valence-electron chi connectivity index (χ2n) is 6.00. The molecule has 0 saturated carbocycles. The number of para-hydroxylation sites is 1. The minimum absolute atomic E-state index is 0. The van der Waals surface area contributed by atoms with Gasteiger partial charge < -0.3 is 15.4 Å². The van der Waals surface area contributed by atoms with Crippen LogP contribution in [0.2, 0.25) is 0 Å². The van der Waals surface area contributed by atoms with Crippen LogP contribution in [0.3, 0.4) is 0 Å². The fraction of sp³-hybridized carbons (Fsp3) is 0.350. The molecule has 146 valence electrons. The lowest BCUT2D eigenvalue weighted by Gasteiger charge is -2.28. The van der Waals surface area contributed by atoms with Gasteiger partial charge in [0.25, 0.3) is 0 Å². The smallest absolute Gasteiger partial charge is 0.191 e. The highest BCUT2D eigenvalue weighted by Crippen LogP contribution is 2.31. The molecule has 1 aliphatic heterocycles. The van der Waals surface area contributed by atoms with Crippen molar-refractivity contribution in [3.63, 3.8) is 0 Å². The molecule has 2 atom stereocenters. The standard InChI is InChI=1S/C20H25N3O2S.HI/c1-2-21-20(22-13-15-26(24)16-8-4-3-5-9-16)23-18-12-14-25-19-11-7-6-10-17(18)19;/h3-11,18H,2,12-15H2,1H3,(H2,21,22,23);1H. The third-order valence-corrected chi connectivity index (χ3v) is 5.52. The van der Waals surface area contributed by atoms with Crippen LogP contribution in [0.25, 0.3) is 0 Å². The van der Waals surface area contributed by atoms with Gasteiger partial charge in [0, 0.05) is 29.2 Å². The molecule has 2 aromatic rings. The Morgan fingerprint density at radius 1 is 1.19 bits per heavy atom.